The van der Waals surface area contributed by atoms with E-state index in [-0.39, 0.29) is 0 Å². The summed E-state index contributed by atoms with van der Waals surface area (Å²) >= 11 is 0. The Bertz CT molecular complexity index is 1000. The van der Waals surface area contributed by atoms with Crippen LogP contribution in [0.25, 0.3) is 0 Å². The van der Waals surface area contributed by atoms with Crippen molar-refractivity contribution in [3.8, 4) is 0 Å². The molecule has 5 rings (SSSR count). The fourth-order valence-corrected chi connectivity index (χ4v) is 10.1. The molecule has 0 spiro atoms. The van der Waals surface area contributed by atoms with E-state index < -0.39 is 7.26 Å². The average molecular weight is 409 g/mol. The van der Waals surface area contributed by atoms with Gasteiger partial charge < -0.3 is 0 Å². The summed E-state index contributed by atoms with van der Waals surface area (Å²) in [5.41, 5.74) is 4.77. The van der Waals surface area contributed by atoms with Gasteiger partial charge in [0.1, 0.15) is 0 Å². The number of rotatable bonds is 5. The second-order valence-corrected chi connectivity index (χ2v) is 12.3. The molecular weight excluding hydrogens is 379 g/mol. The van der Waals surface area contributed by atoms with Gasteiger partial charge in [0.05, 0.1) is 0 Å². The Kier molecular flexibility index (Phi) is 5.52. The third-order valence-corrected chi connectivity index (χ3v) is 11.6. The van der Waals surface area contributed by atoms with Crippen LogP contribution in [0, 0.1) is 0 Å². The Morgan fingerprint density at radius 2 is 1.00 bits per heavy atom. The number of hydrogen-bond acceptors (Lipinski definition) is 0. The number of benzene rings is 4. The van der Waals surface area contributed by atoms with E-state index in [1.165, 1.54) is 41.6 Å². The normalized spacial score (nSPS) is 14.1. The number of fused-ring (bicyclic) bond motifs is 1. The fraction of sp³-hybridized carbons (Fsp3) is 0.172. The Morgan fingerprint density at radius 1 is 0.500 bits per heavy atom. The molecule has 0 fully saturated rings. The van der Waals surface area contributed by atoms with Crippen molar-refractivity contribution in [2.75, 3.05) is 0 Å². The van der Waals surface area contributed by atoms with E-state index in [1.54, 1.807) is 16.7 Å². The summed E-state index contributed by atoms with van der Waals surface area (Å²) in [6, 6.07) is 40.9. The quantitative estimate of drug-likeness (QED) is 0.367. The van der Waals surface area contributed by atoms with Crippen molar-refractivity contribution in [3.63, 3.8) is 0 Å². The second kappa shape index (κ2) is 8.58. The molecule has 0 bridgehead atoms. The maximum atomic E-state index is 2.40. The van der Waals surface area contributed by atoms with Crippen molar-refractivity contribution in [1.29, 1.82) is 0 Å². The summed E-state index contributed by atoms with van der Waals surface area (Å²) in [5.74, 6) is 0. The summed E-state index contributed by atoms with van der Waals surface area (Å²) in [4.78, 5) is 0. The van der Waals surface area contributed by atoms with Crippen molar-refractivity contribution >= 4 is 23.2 Å². The molecule has 150 valence electrons. The molecular formula is C29H29P. The van der Waals surface area contributed by atoms with Crippen LogP contribution in [0.15, 0.2) is 109 Å². The molecule has 0 aromatic heterocycles. The van der Waals surface area contributed by atoms with Crippen LogP contribution in [0.1, 0.15) is 29.5 Å². The van der Waals surface area contributed by atoms with Gasteiger partial charge in [-0.05, 0) is 0 Å². The average Bonchev–Trinajstić information content (AvgIpc) is 2.84. The molecule has 1 heteroatoms. The summed E-state index contributed by atoms with van der Waals surface area (Å²) in [6.45, 7) is 0. The van der Waals surface area contributed by atoms with E-state index >= 15 is 0 Å². The molecule has 0 aliphatic heterocycles. The van der Waals surface area contributed by atoms with E-state index in [2.05, 4.69) is 109 Å². The molecule has 1 aliphatic carbocycles. The minimum absolute atomic E-state index is 1.12. The van der Waals surface area contributed by atoms with Gasteiger partial charge in [0.2, 0.25) is 0 Å². The van der Waals surface area contributed by atoms with E-state index in [0.717, 1.165) is 6.16 Å². The Morgan fingerprint density at radius 3 is 1.53 bits per heavy atom. The summed E-state index contributed by atoms with van der Waals surface area (Å²) in [6.07, 6.45) is 6.23. The molecule has 0 saturated heterocycles. The van der Waals surface area contributed by atoms with E-state index in [0.29, 0.717) is 0 Å². The summed E-state index contributed by atoms with van der Waals surface area (Å²) < 4.78 is 0. The third-order valence-electron chi connectivity index (χ3n) is 6.75. The van der Waals surface area contributed by atoms with Crippen LogP contribution in [0.5, 0.6) is 0 Å². The van der Waals surface area contributed by atoms with Crippen LogP contribution >= 0.6 is 7.26 Å². The molecule has 1 aliphatic rings. The second-order valence-electron chi connectivity index (χ2n) is 8.44. The molecule has 0 atom stereocenters. The van der Waals surface area contributed by atoms with Gasteiger partial charge in [-0.15, -0.1) is 0 Å². The van der Waals surface area contributed by atoms with Gasteiger partial charge in [-0.25, -0.2) is 0 Å². The zero-order valence-electron chi connectivity index (χ0n) is 17.4. The van der Waals surface area contributed by atoms with E-state index in [1.807, 2.05) is 0 Å². The van der Waals surface area contributed by atoms with Crippen LogP contribution in [-0.2, 0) is 19.0 Å². The molecule has 0 saturated carbocycles. The Hall–Kier alpha value is -2.69. The zero-order valence-corrected chi connectivity index (χ0v) is 18.4. The molecule has 0 amide bonds. The molecule has 4 aromatic carbocycles. The molecule has 0 nitrogen and oxygen atoms in total. The molecule has 4 aromatic rings. The van der Waals surface area contributed by atoms with Crippen LogP contribution in [0.2, 0.25) is 0 Å². The van der Waals surface area contributed by atoms with Crippen LogP contribution < -0.4 is 15.9 Å². The van der Waals surface area contributed by atoms with Crippen molar-refractivity contribution in [2.24, 2.45) is 0 Å². The molecule has 0 unspecified atom stereocenters. The topological polar surface area (TPSA) is 0 Å². The zero-order chi connectivity index (χ0) is 20.2. The van der Waals surface area contributed by atoms with Gasteiger partial charge >= 0.3 is 181 Å². The van der Waals surface area contributed by atoms with Gasteiger partial charge in [-0.3, -0.25) is 0 Å². The maximum absolute atomic E-state index is 2.40. The summed E-state index contributed by atoms with van der Waals surface area (Å²) in [7, 11) is -2.22. The van der Waals surface area contributed by atoms with Gasteiger partial charge in [0, 0.05) is 0 Å². The predicted octanol–water partition coefficient (Wildman–Crippen LogP) is 5.79. The molecule has 0 heterocycles. The van der Waals surface area contributed by atoms with Gasteiger partial charge in [-0.1, -0.05) is 0 Å². The van der Waals surface area contributed by atoms with Gasteiger partial charge in [-0.2, -0.15) is 0 Å². The SMILES string of the molecule is c1ccc([PH](Cc2cccc3c2CCCC3)(c2ccccc2)c2ccccc2)cc1. The number of hydrogen-bond donors (Lipinski definition) is 0. The molecule has 0 radical (unpaired) electrons. The monoisotopic (exact) mass is 408 g/mol. The van der Waals surface area contributed by atoms with E-state index in [9.17, 15) is 0 Å². The Balaban J connectivity index is 1.77. The third kappa shape index (κ3) is 3.51. The standard InChI is InChI=1S/C29H29P/c1-4-16-26(17-5-1)30(27-18-6-2-7-19-27,28-20-8-3-9-21-28)23-25-15-12-14-24-13-10-11-22-29(24)25/h1-9,12,14-21,30H,10-11,13,22-23H2. The van der Waals surface area contributed by atoms with Gasteiger partial charge in [0.25, 0.3) is 0 Å². The first-order valence-corrected chi connectivity index (χ1v) is 13.3. The van der Waals surface area contributed by atoms with Crippen LogP contribution in [0.3, 0.4) is 0 Å². The minimum atomic E-state index is -2.22. The van der Waals surface area contributed by atoms with Crippen molar-refractivity contribution < 1.29 is 0 Å². The molecule has 0 N–H and O–H groups in total. The summed E-state index contributed by atoms with van der Waals surface area (Å²) in [5, 5.41) is 4.49. The van der Waals surface area contributed by atoms with E-state index in [4.69, 9.17) is 0 Å². The first kappa shape index (κ1) is 19.3. The first-order chi connectivity index (χ1) is 14.9. The van der Waals surface area contributed by atoms with Crippen molar-refractivity contribution in [1.82, 2.24) is 0 Å². The Labute approximate surface area is 181 Å². The predicted molar refractivity (Wildman–Crippen MR) is 133 cm³/mol. The van der Waals surface area contributed by atoms with Crippen LogP contribution in [-0.4, -0.2) is 0 Å². The fourth-order valence-electron chi connectivity index (χ4n) is 5.29. The first-order valence-electron chi connectivity index (χ1n) is 11.1. The van der Waals surface area contributed by atoms with Crippen molar-refractivity contribution in [3.05, 3.63) is 126 Å². The molecule has 30 heavy (non-hydrogen) atoms. The number of aryl methyl sites for hydroxylation is 1. The van der Waals surface area contributed by atoms with Crippen molar-refractivity contribution in [2.45, 2.75) is 31.8 Å². The van der Waals surface area contributed by atoms with Crippen LogP contribution in [0.4, 0.5) is 0 Å². The van der Waals surface area contributed by atoms with Gasteiger partial charge in [0.15, 0.2) is 0 Å².